The van der Waals surface area contributed by atoms with Gasteiger partial charge in [-0.25, -0.2) is 4.98 Å². The number of carbonyl (C=O) groups excluding carboxylic acids is 2. The van der Waals surface area contributed by atoms with Gasteiger partial charge in [0.25, 0.3) is 0 Å². The number of anilines is 3. The van der Waals surface area contributed by atoms with E-state index in [1.54, 1.807) is 12.3 Å². The number of pyridine rings is 1. The molecule has 8 nitrogen and oxygen atoms in total. The first-order valence-corrected chi connectivity index (χ1v) is 11.1. The third-order valence-electron chi connectivity index (χ3n) is 5.60. The molecule has 8 heteroatoms. The summed E-state index contributed by atoms with van der Waals surface area (Å²) in [6, 6.07) is 13.2. The summed E-state index contributed by atoms with van der Waals surface area (Å²) < 4.78 is 0. The van der Waals surface area contributed by atoms with Gasteiger partial charge in [-0.1, -0.05) is 30.4 Å². The van der Waals surface area contributed by atoms with E-state index in [-0.39, 0.29) is 24.0 Å². The Labute approximate surface area is 197 Å². The molecule has 4 rings (SSSR count). The molecule has 1 atom stereocenters. The lowest BCUT2D eigenvalue weighted by molar-refractivity contribution is -0.136. The number of hydrogen-bond acceptors (Lipinski definition) is 5. The normalized spacial score (nSPS) is 15.2. The fourth-order valence-electron chi connectivity index (χ4n) is 4.16. The second-order valence-electron chi connectivity index (χ2n) is 8.28. The minimum Gasteiger partial charge on any atom is -0.481 e. The Bertz CT molecular complexity index is 1250. The number of benzene rings is 1. The first-order valence-electron chi connectivity index (χ1n) is 11.1. The van der Waals surface area contributed by atoms with Crippen LogP contribution in [0.15, 0.2) is 60.8 Å². The fourth-order valence-corrected chi connectivity index (χ4v) is 4.16. The Morgan fingerprint density at radius 1 is 1.21 bits per heavy atom. The lowest BCUT2D eigenvalue weighted by Crippen LogP contribution is -2.18. The van der Waals surface area contributed by atoms with Crippen LogP contribution in [0.4, 0.5) is 17.2 Å². The Hall–Kier alpha value is -4.20. The third kappa shape index (κ3) is 5.40. The molecule has 34 heavy (non-hydrogen) atoms. The van der Waals surface area contributed by atoms with E-state index in [9.17, 15) is 14.4 Å². The number of aromatic nitrogens is 2. The Kier molecular flexibility index (Phi) is 6.87. The first kappa shape index (κ1) is 23.0. The van der Waals surface area contributed by atoms with Gasteiger partial charge < -0.3 is 20.7 Å². The minimum absolute atomic E-state index is 0.00255. The average molecular weight is 459 g/mol. The molecule has 2 heterocycles. The molecular weight excluding hydrogens is 432 g/mol. The lowest BCUT2D eigenvalue weighted by Gasteiger charge is -2.19. The number of fused-ring (bicyclic) bond motifs is 1. The Morgan fingerprint density at radius 2 is 2.00 bits per heavy atom. The van der Waals surface area contributed by atoms with Crippen LogP contribution in [0.5, 0.6) is 0 Å². The van der Waals surface area contributed by atoms with Gasteiger partial charge in [-0.3, -0.25) is 14.4 Å². The van der Waals surface area contributed by atoms with Gasteiger partial charge in [-0.05, 0) is 43.0 Å². The molecule has 0 aliphatic heterocycles. The largest absolute Gasteiger partial charge is 0.481 e. The topological polar surface area (TPSA) is 124 Å². The molecule has 174 valence electrons. The van der Waals surface area contributed by atoms with Crippen molar-refractivity contribution in [2.24, 2.45) is 5.92 Å². The van der Waals surface area contributed by atoms with E-state index in [1.807, 2.05) is 48.6 Å². The summed E-state index contributed by atoms with van der Waals surface area (Å²) >= 11 is 0. The maximum absolute atomic E-state index is 13.2. The highest BCUT2D eigenvalue weighted by Crippen LogP contribution is 2.40. The molecular formula is C26H26N4O4. The van der Waals surface area contributed by atoms with Crippen LogP contribution in [0.1, 0.15) is 42.2 Å². The number of hydrogen-bond donors (Lipinski definition) is 4. The number of carboxylic acids is 1. The zero-order valence-corrected chi connectivity index (χ0v) is 18.8. The molecule has 1 aliphatic carbocycles. The Morgan fingerprint density at radius 3 is 2.74 bits per heavy atom. The van der Waals surface area contributed by atoms with Gasteiger partial charge in [0.1, 0.15) is 5.82 Å². The van der Waals surface area contributed by atoms with Crippen LogP contribution in [-0.4, -0.2) is 32.7 Å². The zero-order valence-electron chi connectivity index (χ0n) is 18.8. The van der Waals surface area contributed by atoms with Gasteiger partial charge >= 0.3 is 5.97 Å². The van der Waals surface area contributed by atoms with Crippen molar-refractivity contribution in [2.45, 2.75) is 32.6 Å². The molecule has 0 radical (unpaired) electrons. The number of aliphatic carboxylic acids is 1. The van der Waals surface area contributed by atoms with Crippen molar-refractivity contribution in [2.75, 3.05) is 10.6 Å². The molecule has 1 aromatic carbocycles. The third-order valence-corrected chi connectivity index (χ3v) is 5.60. The van der Waals surface area contributed by atoms with Crippen LogP contribution < -0.4 is 10.6 Å². The zero-order chi connectivity index (χ0) is 24.1. The molecule has 1 amide bonds. The van der Waals surface area contributed by atoms with Crippen LogP contribution in [0.2, 0.25) is 0 Å². The van der Waals surface area contributed by atoms with Crippen molar-refractivity contribution in [3.05, 3.63) is 72.1 Å². The average Bonchev–Trinajstić information content (AvgIpc) is 3.16. The number of ketones is 1. The van der Waals surface area contributed by atoms with Crippen molar-refractivity contribution in [1.29, 1.82) is 0 Å². The van der Waals surface area contributed by atoms with Crippen LogP contribution in [0.25, 0.3) is 11.3 Å². The molecule has 1 aliphatic rings. The van der Waals surface area contributed by atoms with Crippen LogP contribution in [0.3, 0.4) is 0 Å². The number of carbonyl (C=O) groups is 3. The van der Waals surface area contributed by atoms with Gasteiger partial charge in [0.15, 0.2) is 5.78 Å². The molecule has 0 fully saturated rings. The quantitative estimate of drug-likeness (QED) is 0.354. The SMILES string of the molecule is CC(=O)Nc1cc(-c2[nH]c3c(c2Nc2ccccc2)C(=O)CC(C=CCCC(=O)O)C3)ccn1. The van der Waals surface area contributed by atoms with Crippen molar-refractivity contribution in [3.63, 3.8) is 0 Å². The van der Waals surface area contributed by atoms with E-state index in [2.05, 4.69) is 20.6 Å². The standard InChI is InChI=1S/C26H26N4O4/c1-16(31)28-22-15-18(11-12-27-22)25-26(29-19-8-3-2-4-9-19)24-20(30-25)13-17(14-21(24)32)7-5-6-10-23(33)34/h2-5,7-9,11-12,15,17,29-30H,6,10,13-14H2,1H3,(H,33,34)(H,27,28,31). The summed E-state index contributed by atoms with van der Waals surface area (Å²) in [5.74, 6) is -0.615. The summed E-state index contributed by atoms with van der Waals surface area (Å²) in [6.45, 7) is 1.42. The van der Waals surface area contributed by atoms with Gasteiger partial charge in [0, 0.05) is 42.9 Å². The maximum Gasteiger partial charge on any atom is 0.303 e. The summed E-state index contributed by atoms with van der Waals surface area (Å²) in [4.78, 5) is 43.1. The fraction of sp³-hybridized carbons (Fsp3) is 0.231. The number of amides is 1. The molecule has 1 unspecified atom stereocenters. The number of nitrogens with zero attached hydrogens (tertiary/aromatic N) is 1. The van der Waals surface area contributed by atoms with E-state index in [0.717, 1.165) is 22.6 Å². The van der Waals surface area contributed by atoms with E-state index < -0.39 is 5.97 Å². The van der Waals surface area contributed by atoms with E-state index in [4.69, 9.17) is 5.11 Å². The predicted molar refractivity (Wildman–Crippen MR) is 130 cm³/mol. The van der Waals surface area contributed by atoms with Gasteiger partial charge in [-0.2, -0.15) is 0 Å². The highest BCUT2D eigenvalue weighted by atomic mass is 16.4. The highest BCUT2D eigenvalue weighted by Gasteiger charge is 2.31. The molecule has 3 aromatic rings. The monoisotopic (exact) mass is 458 g/mol. The number of rotatable bonds is 8. The number of Topliss-reactive ketones (excluding diaryl/α,β-unsaturated/α-hetero) is 1. The van der Waals surface area contributed by atoms with Gasteiger partial charge in [0.05, 0.1) is 16.9 Å². The molecule has 0 bridgehead atoms. The van der Waals surface area contributed by atoms with E-state index >= 15 is 0 Å². The summed E-state index contributed by atoms with van der Waals surface area (Å²) in [5.41, 5.74) is 4.53. The number of para-hydroxylation sites is 1. The smallest absolute Gasteiger partial charge is 0.303 e. The van der Waals surface area contributed by atoms with Gasteiger partial charge in [-0.15, -0.1) is 0 Å². The molecule has 0 spiro atoms. The van der Waals surface area contributed by atoms with E-state index in [0.29, 0.717) is 36.3 Å². The van der Waals surface area contributed by atoms with Crippen molar-refractivity contribution >= 4 is 34.9 Å². The second-order valence-corrected chi connectivity index (χ2v) is 8.28. The lowest BCUT2D eigenvalue weighted by atomic mass is 9.85. The maximum atomic E-state index is 13.2. The van der Waals surface area contributed by atoms with Crippen molar-refractivity contribution in [3.8, 4) is 11.3 Å². The molecule has 2 aromatic heterocycles. The molecule has 0 saturated carbocycles. The Balaban J connectivity index is 1.71. The number of nitrogens with one attached hydrogen (secondary N) is 3. The van der Waals surface area contributed by atoms with Crippen LogP contribution in [0, 0.1) is 5.92 Å². The van der Waals surface area contributed by atoms with Crippen molar-refractivity contribution < 1.29 is 19.5 Å². The van der Waals surface area contributed by atoms with Crippen LogP contribution >= 0.6 is 0 Å². The van der Waals surface area contributed by atoms with Crippen molar-refractivity contribution in [1.82, 2.24) is 9.97 Å². The van der Waals surface area contributed by atoms with Crippen LogP contribution in [-0.2, 0) is 16.0 Å². The number of allylic oxidation sites excluding steroid dienone is 2. The highest BCUT2D eigenvalue weighted by molar-refractivity contribution is 6.07. The number of H-pyrrole nitrogens is 1. The molecule has 0 saturated heterocycles. The number of aromatic amines is 1. The second kappa shape index (κ2) is 10.2. The van der Waals surface area contributed by atoms with Gasteiger partial charge in [0.2, 0.25) is 5.91 Å². The summed E-state index contributed by atoms with van der Waals surface area (Å²) in [6.07, 6.45) is 6.89. The summed E-state index contributed by atoms with van der Waals surface area (Å²) in [7, 11) is 0. The predicted octanol–water partition coefficient (Wildman–Crippen LogP) is 4.94. The van der Waals surface area contributed by atoms with E-state index in [1.165, 1.54) is 6.92 Å². The summed E-state index contributed by atoms with van der Waals surface area (Å²) in [5, 5.41) is 14.9. The molecule has 4 N–H and O–H groups in total. The first-order chi connectivity index (χ1) is 16.4. The number of carboxylic acid groups (broad SMARTS) is 1. The minimum atomic E-state index is -0.840.